The highest BCUT2D eigenvalue weighted by molar-refractivity contribution is 4.96. The quantitative estimate of drug-likeness (QED) is 0.602. The van der Waals surface area contributed by atoms with E-state index in [1.165, 1.54) is 7.11 Å². The molecular weight excluding hydrogens is 212 g/mol. The highest BCUT2D eigenvalue weighted by Gasteiger charge is 2.48. The lowest BCUT2D eigenvalue weighted by molar-refractivity contribution is -0.256. The van der Waals surface area contributed by atoms with Crippen molar-refractivity contribution >= 4 is 0 Å². The normalized spacial score (nSPS) is 41.1. The van der Waals surface area contributed by atoms with Crippen molar-refractivity contribution < 1.29 is 24.8 Å². The van der Waals surface area contributed by atoms with E-state index in [9.17, 15) is 15.3 Å². The number of ether oxygens (including phenoxy) is 2. The molecule has 2 unspecified atom stereocenters. The Morgan fingerprint density at radius 2 is 1.75 bits per heavy atom. The molecule has 0 amide bonds. The predicted octanol–water partition coefficient (Wildman–Crippen LogP) is -0.471. The van der Waals surface area contributed by atoms with Gasteiger partial charge in [0.15, 0.2) is 0 Å². The van der Waals surface area contributed by atoms with Crippen LogP contribution in [-0.2, 0) is 9.47 Å². The first kappa shape index (κ1) is 13.9. The van der Waals surface area contributed by atoms with Crippen LogP contribution in [0.3, 0.4) is 0 Å². The summed E-state index contributed by atoms with van der Waals surface area (Å²) in [6.07, 6.45) is -3.87. The van der Waals surface area contributed by atoms with Crippen LogP contribution in [0.5, 0.6) is 0 Å². The third kappa shape index (κ3) is 2.55. The van der Waals surface area contributed by atoms with E-state index < -0.39 is 30.5 Å². The summed E-state index contributed by atoms with van der Waals surface area (Å²) < 4.78 is 10.6. The van der Waals surface area contributed by atoms with Gasteiger partial charge < -0.3 is 24.8 Å². The minimum Gasteiger partial charge on any atom is -0.394 e. The van der Waals surface area contributed by atoms with Crippen molar-refractivity contribution in [2.75, 3.05) is 13.7 Å². The molecule has 1 saturated heterocycles. The Morgan fingerprint density at radius 1 is 1.19 bits per heavy atom. The van der Waals surface area contributed by atoms with Gasteiger partial charge in [0.05, 0.1) is 12.7 Å². The Hall–Kier alpha value is -0.200. The van der Waals surface area contributed by atoms with Gasteiger partial charge in [-0.3, -0.25) is 0 Å². The highest BCUT2D eigenvalue weighted by atomic mass is 16.6. The van der Waals surface area contributed by atoms with E-state index in [2.05, 4.69) is 0 Å². The topological polar surface area (TPSA) is 79.2 Å². The first-order valence-corrected chi connectivity index (χ1v) is 5.48. The Bertz CT molecular complexity index is 223. The van der Waals surface area contributed by atoms with Gasteiger partial charge in [-0.2, -0.15) is 0 Å². The third-order valence-electron chi connectivity index (χ3n) is 2.99. The first-order valence-electron chi connectivity index (χ1n) is 5.48. The molecule has 0 aromatic rings. The summed E-state index contributed by atoms with van der Waals surface area (Å²) in [5.41, 5.74) is -0.313. The molecule has 3 N–H and O–H groups in total. The molecule has 1 aliphatic heterocycles. The number of hydrogen-bond acceptors (Lipinski definition) is 5. The van der Waals surface area contributed by atoms with Crippen LogP contribution in [-0.4, -0.2) is 59.6 Å². The van der Waals surface area contributed by atoms with Gasteiger partial charge in [-0.25, -0.2) is 0 Å². The van der Waals surface area contributed by atoms with Crippen molar-refractivity contribution in [2.45, 2.75) is 51.3 Å². The molecular formula is C11H22O5. The Kier molecular flexibility index (Phi) is 4.31. The zero-order valence-electron chi connectivity index (χ0n) is 10.3. The van der Waals surface area contributed by atoms with E-state index in [-0.39, 0.29) is 12.0 Å². The monoisotopic (exact) mass is 234 g/mol. The lowest BCUT2D eigenvalue weighted by Crippen LogP contribution is -2.62. The maximum Gasteiger partial charge on any atom is 0.114 e. The van der Waals surface area contributed by atoms with Gasteiger partial charge in [-0.15, -0.1) is 0 Å². The lowest BCUT2D eigenvalue weighted by Gasteiger charge is -2.46. The molecule has 0 aliphatic carbocycles. The standard InChI is InChI=1S/C11H22O5/c1-11(2,3)10-8(14)7(13)9(15-4)6(5-12)16-10/h6-10,12-14H,5H2,1-4H3/t6?,7-,8?,9-,10-/m1/s1. The zero-order valence-corrected chi connectivity index (χ0v) is 10.3. The maximum absolute atomic E-state index is 9.95. The molecule has 5 nitrogen and oxygen atoms in total. The third-order valence-corrected chi connectivity index (χ3v) is 2.99. The Balaban J connectivity index is 2.87. The summed E-state index contributed by atoms with van der Waals surface area (Å²) in [4.78, 5) is 0. The minimum atomic E-state index is -1.04. The fourth-order valence-electron chi connectivity index (χ4n) is 2.09. The van der Waals surface area contributed by atoms with Gasteiger partial charge in [0, 0.05) is 7.11 Å². The number of aliphatic hydroxyl groups excluding tert-OH is 3. The highest BCUT2D eigenvalue weighted by Crippen LogP contribution is 2.33. The summed E-state index contributed by atoms with van der Waals surface area (Å²) in [5.74, 6) is 0. The summed E-state index contributed by atoms with van der Waals surface area (Å²) in [7, 11) is 1.42. The first-order chi connectivity index (χ1) is 7.32. The van der Waals surface area contributed by atoms with Crippen LogP contribution in [0, 0.1) is 5.41 Å². The summed E-state index contributed by atoms with van der Waals surface area (Å²) in [6, 6.07) is 0. The summed E-state index contributed by atoms with van der Waals surface area (Å²) >= 11 is 0. The van der Waals surface area contributed by atoms with Crippen LogP contribution in [0.15, 0.2) is 0 Å². The van der Waals surface area contributed by atoms with E-state index in [0.717, 1.165) is 0 Å². The van der Waals surface area contributed by atoms with E-state index >= 15 is 0 Å². The molecule has 1 fully saturated rings. The second-order valence-electron chi connectivity index (χ2n) is 5.33. The molecule has 5 heteroatoms. The van der Waals surface area contributed by atoms with E-state index in [0.29, 0.717) is 0 Å². The second-order valence-corrected chi connectivity index (χ2v) is 5.33. The van der Waals surface area contributed by atoms with Gasteiger partial charge in [0.1, 0.15) is 24.4 Å². The minimum absolute atomic E-state index is 0.241. The van der Waals surface area contributed by atoms with Crippen molar-refractivity contribution in [3.05, 3.63) is 0 Å². The fraction of sp³-hybridized carbons (Fsp3) is 1.00. The summed E-state index contributed by atoms with van der Waals surface area (Å²) in [5, 5.41) is 29.0. The van der Waals surface area contributed by atoms with Crippen LogP contribution < -0.4 is 0 Å². The Labute approximate surface area is 96.0 Å². The SMILES string of the molecule is CO[C@@H]1C(CO)O[C@@H](C(C)(C)C)C(O)[C@H]1O. The number of hydrogen-bond donors (Lipinski definition) is 3. The lowest BCUT2D eigenvalue weighted by atomic mass is 9.80. The number of aliphatic hydroxyl groups is 3. The average Bonchev–Trinajstić information content (AvgIpc) is 2.19. The molecule has 0 aromatic heterocycles. The van der Waals surface area contributed by atoms with Crippen molar-refractivity contribution in [1.82, 2.24) is 0 Å². The average molecular weight is 234 g/mol. The largest absolute Gasteiger partial charge is 0.394 e. The number of rotatable bonds is 2. The van der Waals surface area contributed by atoms with Gasteiger partial charge in [-0.05, 0) is 5.41 Å². The van der Waals surface area contributed by atoms with Gasteiger partial charge in [0.25, 0.3) is 0 Å². The molecule has 1 aliphatic rings. The van der Waals surface area contributed by atoms with Gasteiger partial charge in [0.2, 0.25) is 0 Å². The van der Waals surface area contributed by atoms with Crippen LogP contribution in [0.4, 0.5) is 0 Å². The molecule has 1 rings (SSSR count). The van der Waals surface area contributed by atoms with E-state index in [1.807, 2.05) is 20.8 Å². The van der Waals surface area contributed by atoms with Crippen LogP contribution in [0.25, 0.3) is 0 Å². The van der Waals surface area contributed by atoms with Gasteiger partial charge >= 0.3 is 0 Å². The molecule has 0 spiro atoms. The van der Waals surface area contributed by atoms with Crippen LogP contribution >= 0.6 is 0 Å². The predicted molar refractivity (Wildman–Crippen MR) is 58.0 cm³/mol. The fourth-order valence-corrected chi connectivity index (χ4v) is 2.09. The molecule has 16 heavy (non-hydrogen) atoms. The van der Waals surface area contributed by atoms with E-state index in [1.54, 1.807) is 0 Å². The van der Waals surface area contributed by atoms with Crippen molar-refractivity contribution in [3.8, 4) is 0 Å². The van der Waals surface area contributed by atoms with Crippen LogP contribution in [0.1, 0.15) is 20.8 Å². The molecule has 1 heterocycles. The number of methoxy groups -OCH3 is 1. The molecule has 0 radical (unpaired) electrons. The molecule has 0 saturated carbocycles. The smallest absolute Gasteiger partial charge is 0.114 e. The second kappa shape index (κ2) is 4.98. The molecule has 5 atom stereocenters. The van der Waals surface area contributed by atoms with Crippen molar-refractivity contribution in [1.29, 1.82) is 0 Å². The Morgan fingerprint density at radius 3 is 2.12 bits per heavy atom. The summed E-state index contributed by atoms with van der Waals surface area (Å²) in [6.45, 7) is 5.49. The van der Waals surface area contributed by atoms with Crippen LogP contribution in [0.2, 0.25) is 0 Å². The van der Waals surface area contributed by atoms with E-state index in [4.69, 9.17) is 9.47 Å². The zero-order chi connectivity index (χ0) is 12.5. The van der Waals surface area contributed by atoms with Crippen molar-refractivity contribution in [3.63, 3.8) is 0 Å². The van der Waals surface area contributed by atoms with Crippen molar-refractivity contribution in [2.24, 2.45) is 5.41 Å². The molecule has 0 bridgehead atoms. The molecule has 0 aromatic carbocycles. The van der Waals surface area contributed by atoms with Gasteiger partial charge in [-0.1, -0.05) is 20.8 Å². The molecule has 96 valence electrons. The maximum atomic E-state index is 9.95.